The zero-order valence-electron chi connectivity index (χ0n) is 18.1. The van der Waals surface area contributed by atoms with Gasteiger partial charge in [-0.05, 0) is 61.4 Å². The normalized spacial score (nSPS) is 15.3. The Labute approximate surface area is 187 Å². The van der Waals surface area contributed by atoms with Crippen LogP contribution in [0.5, 0.6) is 0 Å². The maximum Gasteiger partial charge on any atom is 0.313 e. The van der Waals surface area contributed by atoms with Crippen LogP contribution in [0.1, 0.15) is 11.1 Å². The molecule has 1 fully saturated rings. The Hall–Kier alpha value is -2.82. The van der Waals surface area contributed by atoms with E-state index in [4.69, 9.17) is 0 Å². The summed E-state index contributed by atoms with van der Waals surface area (Å²) in [5.74, 6) is -1.94. The maximum absolute atomic E-state index is 13.1. The molecule has 2 aromatic rings. The molecule has 32 heavy (non-hydrogen) atoms. The van der Waals surface area contributed by atoms with Crippen molar-refractivity contribution in [3.8, 4) is 0 Å². The first-order valence-corrected chi connectivity index (χ1v) is 11.8. The van der Waals surface area contributed by atoms with Gasteiger partial charge in [0.1, 0.15) is 5.82 Å². The minimum Gasteiger partial charge on any atom is -0.347 e. The van der Waals surface area contributed by atoms with E-state index in [1.54, 1.807) is 12.1 Å². The Morgan fingerprint density at radius 1 is 0.938 bits per heavy atom. The summed E-state index contributed by atoms with van der Waals surface area (Å²) in [6.07, 6.45) is 0. The van der Waals surface area contributed by atoms with Crippen molar-refractivity contribution in [3.05, 3.63) is 59.4 Å². The van der Waals surface area contributed by atoms with Gasteiger partial charge in [0.2, 0.25) is 10.0 Å². The third-order valence-electron chi connectivity index (χ3n) is 5.47. The molecule has 2 amide bonds. The highest BCUT2D eigenvalue weighted by atomic mass is 32.2. The number of nitrogens with zero attached hydrogens (tertiary/aromatic N) is 2. The van der Waals surface area contributed by atoms with Gasteiger partial charge in [0.15, 0.2) is 0 Å². The molecule has 3 rings (SSSR count). The van der Waals surface area contributed by atoms with Gasteiger partial charge >= 0.3 is 11.8 Å². The Kier molecular flexibility index (Phi) is 7.60. The zero-order chi connectivity index (χ0) is 23.3. The minimum absolute atomic E-state index is 0.0643. The number of hydrogen-bond acceptors (Lipinski definition) is 5. The number of aryl methyl sites for hydroxylation is 2. The van der Waals surface area contributed by atoms with E-state index in [1.807, 2.05) is 24.8 Å². The smallest absolute Gasteiger partial charge is 0.313 e. The molecule has 10 heteroatoms. The SMILES string of the molecule is Cc1ccc(NC(=O)C(=O)NCCN2CCN(S(=O)(=O)c3ccc(F)cc3)CC2)cc1C. The maximum atomic E-state index is 13.1. The number of sulfonamides is 1. The van der Waals surface area contributed by atoms with Crippen LogP contribution < -0.4 is 10.6 Å². The van der Waals surface area contributed by atoms with E-state index in [2.05, 4.69) is 10.6 Å². The molecule has 1 heterocycles. The molecule has 0 unspecified atom stereocenters. The molecule has 1 aliphatic heterocycles. The number of amides is 2. The van der Waals surface area contributed by atoms with Gasteiger partial charge < -0.3 is 10.6 Å². The van der Waals surface area contributed by atoms with Gasteiger partial charge in [0.25, 0.3) is 0 Å². The molecule has 2 N–H and O–H groups in total. The summed E-state index contributed by atoms with van der Waals surface area (Å²) < 4.78 is 39.7. The van der Waals surface area contributed by atoms with Gasteiger partial charge in [-0.3, -0.25) is 14.5 Å². The molecule has 1 saturated heterocycles. The van der Waals surface area contributed by atoms with E-state index in [0.29, 0.717) is 38.4 Å². The number of halogens is 1. The standard InChI is InChI=1S/C22H27FN4O4S/c1-16-3-6-19(15-17(16)2)25-22(29)21(28)24-9-10-26-11-13-27(14-12-26)32(30,31)20-7-4-18(23)5-8-20/h3-8,15H,9-14H2,1-2H3,(H,24,28)(H,25,29). The molecular formula is C22H27FN4O4S. The van der Waals surface area contributed by atoms with Crippen LogP contribution in [0.25, 0.3) is 0 Å². The molecule has 2 aromatic carbocycles. The average molecular weight is 463 g/mol. The van der Waals surface area contributed by atoms with Crippen LogP contribution in [0, 0.1) is 19.7 Å². The number of nitrogens with one attached hydrogen (secondary N) is 2. The highest BCUT2D eigenvalue weighted by molar-refractivity contribution is 7.89. The predicted octanol–water partition coefficient (Wildman–Crippen LogP) is 1.50. The lowest BCUT2D eigenvalue weighted by atomic mass is 10.1. The fourth-order valence-corrected chi connectivity index (χ4v) is 4.79. The summed E-state index contributed by atoms with van der Waals surface area (Å²) >= 11 is 0. The first-order chi connectivity index (χ1) is 15.2. The molecule has 0 atom stereocenters. The molecule has 0 radical (unpaired) electrons. The van der Waals surface area contributed by atoms with Crippen molar-refractivity contribution in [1.29, 1.82) is 0 Å². The number of piperazine rings is 1. The Morgan fingerprint density at radius 2 is 1.59 bits per heavy atom. The van der Waals surface area contributed by atoms with Crippen molar-refractivity contribution >= 4 is 27.5 Å². The number of anilines is 1. The van der Waals surface area contributed by atoms with Gasteiger partial charge in [-0.25, -0.2) is 12.8 Å². The average Bonchev–Trinajstić information content (AvgIpc) is 2.77. The second kappa shape index (κ2) is 10.2. The lowest BCUT2D eigenvalue weighted by Crippen LogP contribution is -2.50. The van der Waals surface area contributed by atoms with Crippen molar-refractivity contribution in [1.82, 2.24) is 14.5 Å². The molecule has 0 bridgehead atoms. The highest BCUT2D eigenvalue weighted by Gasteiger charge is 2.28. The van der Waals surface area contributed by atoms with Gasteiger partial charge in [0, 0.05) is 45.0 Å². The first-order valence-electron chi connectivity index (χ1n) is 10.3. The first kappa shape index (κ1) is 23.8. The number of rotatable bonds is 6. The summed E-state index contributed by atoms with van der Waals surface area (Å²) in [7, 11) is -3.67. The second-order valence-electron chi connectivity index (χ2n) is 7.71. The highest BCUT2D eigenvalue weighted by Crippen LogP contribution is 2.18. The quantitative estimate of drug-likeness (QED) is 0.634. The van der Waals surface area contributed by atoms with Gasteiger partial charge in [-0.1, -0.05) is 6.07 Å². The third-order valence-corrected chi connectivity index (χ3v) is 7.38. The van der Waals surface area contributed by atoms with E-state index in [-0.39, 0.29) is 11.4 Å². The number of hydrogen-bond donors (Lipinski definition) is 2. The molecule has 0 spiro atoms. The van der Waals surface area contributed by atoms with Crippen LogP contribution >= 0.6 is 0 Å². The predicted molar refractivity (Wildman–Crippen MR) is 119 cm³/mol. The fourth-order valence-electron chi connectivity index (χ4n) is 3.36. The number of carbonyl (C=O) groups is 2. The van der Waals surface area contributed by atoms with E-state index in [1.165, 1.54) is 16.4 Å². The Balaban J connectivity index is 1.42. The van der Waals surface area contributed by atoms with Crippen LogP contribution in [0.15, 0.2) is 47.4 Å². The van der Waals surface area contributed by atoms with E-state index in [9.17, 15) is 22.4 Å². The summed E-state index contributed by atoms with van der Waals surface area (Å²) in [5, 5.41) is 5.17. The van der Waals surface area contributed by atoms with Crippen LogP contribution in [-0.2, 0) is 19.6 Å². The number of carbonyl (C=O) groups excluding carboxylic acids is 2. The van der Waals surface area contributed by atoms with Crippen molar-refractivity contribution in [3.63, 3.8) is 0 Å². The molecular weight excluding hydrogens is 435 g/mol. The lowest BCUT2D eigenvalue weighted by Gasteiger charge is -2.33. The second-order valence-corrected chi connectivity index (χ2v) is 9.65. The van der Waals surface area contributed by atoms with Crippen molar-refractivity contribution in [2.75, 3.05) is 44.6 Å². The largest absolute Gasteiger partial charge is 0.347 e. The van der Waals surface area contributed by atoms with E-state index in [0.717, 1.165) is 23.3 Å². The topological polar surface area (TPSA) is 98.8 Å². The third kappa shape index (κ3) is 5.90. The molecule has 0 saturated carbocycles. The monoisotopic (exact) mass is 462 g/mol. The summed E-state index contributed by atoms with van der Waals surface area (Å²) in [6.45, 7) is 6.22. The molecule has 1 aliphatic rings. The molecule has 0 aliphatic carbocycles. The summed E-state index contributed by atoms with van der Waals surface area (Å²) in [5.41, 5.74) is 2.67. The van der Waals surface area contributed by atoms with Crippen molar-refractivity contribution < 1.29 is 22.4 Å². The van der Waals surface area contributed by atoms with Crippen LogP contribution in [-0.4, -0.2) is 68.7 Å². The summed E-state index contributed by atoms with van der Waals surface area (Å²) in [6, 6.07) is 10.2. The van der Waals surface area contributed by atoms with Crippen molar-refractivity contribution in [2.24, 2.45) is 0 Å². The van der Waals surface area contributed by atoms with Gasteiger partial charge in [-0.2, -0.15) is 4.31 Å². The molecule has 8 nitrogen and oxygen atoms in total. The Morgan fingerprint density at radius 3 is 2.22 bits per heavy atom. The zero-order valence-corrected chi connectivity index (χ0v) is 18.9. The minimum atomic E-state index is -3.67. The Bertz CT molecular complexity index is 1080. The van der Waals surface area contributed by atoms with E-state index >= 15 is 0 Å². The summed E-state index contributed by atoms with van der Waals surface area (Å²) in [4.78, 5) is 26.2. The van der Waals surface area contributed by atoms with Crippen LogP contribution in [0.2, 0.25) is 0 Å². The fraction of sp³-hybridized carbons (Fsp3) is 0.364. The van der Waals surface area contributed by atoms with Crippen molar-refractivity contribution in [2.45, 2.75) is 18.7 Å². The molecule has 0 aromatic heterocycles. The number of benzene rings is 2. The van der Waals surface area contributed by atoms with Crippen LogP contribution in [0.4, 0.5) is 10.1 Å². The van der Waals surface area contributed by atoms with E-state index < -0.39 is 27.7 Å². The van der Waals surface area contributed by atoms with Gasteiger partial charge in [0.05, 0.1) is 4.90 Å². The van der Waals surface area contributed by atoms with Gasteiger partial charge in [-0.15, -0.1) is 0 Å². The molecule has 172 valence electrons. The van der Waals surface area contributed by atoms with Crippen LogP contribution in [0.3, 0.4) is 0 Å². The lowest BCUT2D eigenvalue weighted by molar-refractivity contribution is -0.136.